The lowest BCUT2D eigenvalue weighted by Gasteiger charge is -2.13. The fraction of sp³-hybridized carbons (Fsp3) is 0.455. The first-order valence-electron chi connectivity index (χ1n) is 4.97. The van der Waals surface area contributed by atoms with Gasteiger partial charge in [0.05, 0.1) is 12.0 Å². The first-order chi connectivity index (χ1) is 7.27. The Labute approximate surface area is 100 Å². The highest BCUT2D eigenvalue weighted by atomic mass is 35.5. The zero-order valence-electron chi connectivity index (χ0n) is 8.74. The topological polar surface area (TPSA) is 32.3 Å². The molecule has 1 atom stereocenters. The Hall–Kier alpha value is -0.380. The number of halogens is 1. The summed E-state index contributed by atoms with van der Waals surface area (Å²) in [5.74, 6) is 1.30. The third-order valence-corrected chi connectivity index (χ3v) is 3.21. The van der Waals surface area contributed by atoms with Gasteiger partial charge in [0.25, 0.3) is 0 Å². The highest BCUT2D eigenvalue weighted by Gasteiger charge is 2.04. The van der Waals surface area contributed by atoms with E-state index < -0.39 is 6.10 Å². The summed E-state index contributed by atoms with van der Waals surface area (Å²) < 4.78 is 0. The van der Waals surface area contributed by atoms with Crippen molar-refractivity contribution in [3.8, 4) is 0 Å². The van der Waals surface area contributed by atoms with Gasteiger partial charge in [-0.2, -0.15) is 0 Å². The van der Waals surface area contributed by atoms with Crippen LogP contribution in [0.5, 0.6) is 0 Å². The molecule has 1 unspecified atom stereocenters. The molecule has 1 rings (SSSR count). The van der Waals surface area contributed by atoms with E-state index in [9.17, 15) is 5.11 Å². The number of hydrogen-bond acceptors (Lipinski definition) is 3. The largest absolute Gasteiger partial charge is 0.390 e. The number of nitrogens with one attached hydrogen (secondary N) is 1. The van der Waals surface area contributed by atoms with Crippen molar-refractivity contribution in [2.75, 3.05) is 23.5 Å². The highest BCUT2D eigenvalue weighted by Crippen LogP contribution is 2.26. The van der Waals surface area contributed by atoms with Gasteiger partial charge in [-0.25, -0.2) is 0 Å². The average Bonchev–Trinajstić information content (AvgIpc) is 2.28. The zero-order valence-corrected chi connectivity index (χ0v) is 10.3. The average molecular weight is 246 g/mol. The SMILES string of the molecule is CCSc1ccccc1NCC(O)CCl. The van der Waals surface area contributed by atoms with Gasteiger partial charge < -0.3 is 10.4 Å². The fourth-order valence-corrected chi connectivity index (χ4v) is 2.07. The summed E-state index contributed by atoms with van der Waals surface area (Å²) in [7, 11) is 0. The Bertz CT molecular complexity index is 296. The van der Waals surface area contributed by atoms with Crippen LogP contribution >= 0.6 is 23.4 Å². The van der Waals surface area contributed by atoms with E-state index in [1.54, 1.807) is 11.8 Å². The van der Waals surface area contributed by atoms with Crippen LogP contribution in [0.3, 0.4) is 0 Å². The molecule has 0 bridgehead atoms. The number of benzene rings is 1. The predicted molar refractivity (Wildman–Crippen MR) is 68.1 cm³/mol. The minimum Gasteiger partial charge on any atom is -0.390 e. The second kappa shape index (κ2) is 6.99. The third-order valence-electron chi connectivity index (χ3n) is 1.89. The van der Waals surface area contributed by atoms with Gasteiger partial charge in [-0.05, 0) is 17.9 Å². The molecule has 1 aromatic carbocycles. The van der Waals surface area contributed by atoms with Crippen LogP contribution in [-0.2, 0) is 0 Å². The van der Waals surface area contributed by atoms with Gasteiger partial charge in [0.15, 0.2) is 0 Å². The minimum atomic E-state index is -0.494. The molecule has 0 aliphatic rings. The maximum atomic E-state index is 9.34. The predicted octanol–water partition coefficient (Wildman–Crippen LogP) is 2.81. The quantitative estimate of drug-likeness (QED) is 0.597. The Kier molecular flexibility index (Phi) is 5.91. The van der Waals surface area contributed by atoms with Crippen molar-refractivity contribution in [3.63, 3.8) is 0 Å². The first kappa shape index (κ1) is 12.7. The third kappa shape index (κ3) is 4.33. The fourth-order valence-electron chi connectivity index (χ4n) is 1.18. The maximum Gasteiger partial charge on any atom is 0.0847 e. The Morgan fingerprint density at radius 3 is 2.87 bits per heavy atom. The van der Waals surface area contributed by atoms with Crippen LogP contribution < -0.4 is 5.32 Å². The smallest absolute Gasteiger partial charge is 0.0847 e. The van der Waals surface area contributed by atoms with Crippen molar-refractivity contribution >= 4 is 29.1 Å². The Morgan fingerprint density at radius 1 is 1.47 bits per heavy atom. The Balaban J connectivity index is 2.58. The van der Waals surface area contributed by atoms with Crippen LogP contribution in [0.4, 0.5) is 5.69 Å². The molecular formula is C11H16ClNOS. The molecule has 0 aliphatic carbocycles. The van der Waals surface area contributed by atoms with Crippen LogP contribution in [-0.4, -0.2) is 29.4 Å². The van der Waals surface area contributed by atoms with Crippen molar-refractivity contribution in [1.82, 2.24) is 0 Å². The molecule has 0 aromatic heterocycles. The summed E-state index contributed by atoms with van der Waals surface area (Å²) in [6, 6.07) is 8.08. The van der Waals surface area contributed by atoms with Gasteiger partial charge in [-0.15, -0.1) is 23.4 Å². The number of aliphatic hydroxyl groups excluding tert-OH is 1. The molecular weight excluding hydrogens is 230 g/mol. The molecule has 15 heavy (non-hydrogen) atoms. The lowest BCUT2D eigenvalue weighted by atomic mass is 10.3. The van der Waals surface area contributed by atoms with Gasteiger partial charge >= 0.3 is 0 Å². The van der Waals surface area contributed by atoms with Crippen LogP contribution in [0, 0.1) is 0 Å². The first-order valence-corrected chi connectivity index (χ1v) is 6.49. The van der Waals surface area contributed by atoms with Gasteiger partial charge in [0.1, 0.15) is 0 Å². The minimum absolute atomic E-state index is 0.260. The normalized spacial score (nSPS) is 12.5. The standard InChI is InChI=1S/C11H16ClNOS/c1-2-15-11-6-4-3-5-10(11)13-8-9(14)7-12/h3-6,9,13-14H,2,7-8H2,1H3. The van der Waals surface area contributed by atoms with Gasteiger partial charge in [0.2, 0.25) is 0 Å². The van der Waals surface area contributed by atoms with Gasteiger partial charge in [-0.1, -0.05) is 19.1 Å². The number of hydrogen-bond donors (Lipinski definition) is 2. The van der Waals surface area contributed by atoms with E-state index >= 15 is 0 Å². The van der Waals surface area contributed by atoms with E-state index in [0.29, 0.717) is 6.54 Å². The number of rotatable bonds is 6. The summed E-state index contributed by atoms with van der Waals surface area (Å²) in [5.41, 5.74) is 1.06. The molecule has 0 spiro atoms. The molecule has 2 N–H and O–H groups in total. The summed E-state index contributed by atoms with van der Waals surface area (Å²) in [5, 5.41) is 12.5. The monoisotopic (exact) mass is 245 g/mol. The zero-order chi connectivity index (χ0) is 11.1. The van der Waals surface area contributed by atoms with Crippen LogP contribution in [0.2, 0.25) is 0 Å². The summed E-state index contributed by atoms with van der Waals surface area (Å²) >= 11 is 7.31. The summed E-state index contributed by atoms with van der Waals surface area (Å²) in [4.78, 5) is 1.21. The van der Waals surface area contributed by atoms with Crippen molar-refractivity contribution in [1.29, 1.82) is 0 Å². The van der Waals surface area contributed by atoms with Crippen molar-refractivity contribution < 1.29 is 5.11 Å². The number of alkyl halides is 1. The molecule has 1 aromatic rings. The van der Waals surface area contributed by atoms with E-state index in [4.69, 9.17) is 11.6 Å². The number of para-hydroxylation sites is 1. The second-order valence-corrected chi connectivity index (χ2v) is 4.73. The Morgan fingerprint density at radius 2 is 2.20 bits per heavy atom. The van der Waals surface area contributed by atoms with Gasteiger partial charge in [0, 0.05) is 17.1 Å². The lowest BCUT2D eigenvalue weighted by Crippen LogP contribution is -2.20. The van der Waals surface area contributed by atoms with Crippen LogP contribution in [0.25, 0.3) is 0 Å². The van der Waals surface area contributed by atoms with Crippen LogP contribution in [0.1, 0.15) is 6.92 Å². The molecule has 0 saturated carbocycles. The molecule has 2 nitrogen and oxygen atoms in total. The second-order valence-electron chi connectivity index (χ2n) is 3.12. The molecule has 0 aliphatic heterocycles. The van der Waals surface area contributed by atoms with Crippen molar-refractivity contribution in [3.05, 3.63) is 24.3 Å². The summed E-state index contributed by atoms with van der Waals surface area (Å²) in [6.45, 7) is 2.61. The van der Waals surface area contributed by atoms with Crippen molar-refractivity contribution in [2.45, 2.75) is 17.9 Å². The molecule has 0 saturated heterocycles. The molecule has 84 valence electrons. The number of thioether (sulfide) groups is 1. The maximum absolute atomic E-state index is 9.34. The molecule has 0 fully saturated rings. The van der Waals surface area contributed by atoms with Crippen molar-refractivity contribution in [2.24, 2.45) is 0 Å². The molecule has 0 heterocycles. The molecule has 0 radical (unpaired) electrons. The van der Waals surface area contributed by atoms with E-state index in [1.165, 1.54) is 4.90 Å². The van der Waals surface area contributed by atoms with E-state index in [1.807, 2.05) is 18.2 Å². The highest BCUT2D eigenvalue weighted by molar-refractivity contribution is 7.99. The molecule has 0 amide bonds. The number of aliphatic hydroxyl groups is 1. The van der Waals surface area contributed by atoms with E-state index in [2.05, 4.69) is 18.3 Å². The molecule has 4 heteroatoms. The lowest BCUT2D eigenvalue weighted by molar-refractivity contribution is 0.211. The van der Waals surface area contributed by atoms with Gasteiger partial charge in [-0.3, -0.25) is 0 Å². The summed E-state index contributed by atoms with van der Waals surface area (Å²) in [6.07, 6.45) is -0.494. The van der Waals surface area contributed by atoms with Crippen LogP contribution in [0.15, 0.2) is 29.2 Å². The van der Waals surface area contributed by atoms with E-state index in [0.717, 1.165) is 11.4 Å². The van der Waals surface area contributed by atoms with E-state index in [-0.39, 0.29) is 5.88 Å². The number of anilines is 1.